The van der Waals surface area contributed by atoms with Gasteiger partial charge in [-0.2, -0.15) is 0 Å². The van der Waals surface area contributed by atoms with Gasteiger partial charge in [-0.05, 0) is 0 Å². The van der Waals surface area contributed by atoms with Gasteiger partial charge >= 0.3 is 253 Å². The van der Waals surface area contributed by atoms with Gasteiger partial charge in [-0.3, -0.25) is 0 Å². The number of hydrogen-bond acceptors (Lipinski definition) is 5. The molecule has 0 aliphatic carbocycles. The topological polar surface area (TPSA) is 61.8 Å². The number of unbranched alkanes of at least 4 members (excludes halogenated alkanes) is 4. The molecule has 0 heterocycles. The molecular weight excluding hydrogens is 754 g/mol. The molecule has 0 aliphatic heterocycles. The Morgan fingerprint density at radius 1 is 0.537 bits per heavy atom. The fourth-order valence-corrected chi connectivity index (χ4v) is 45.7. The van der Waals surface area contributed by atoms with Gasteiger partial charge in [-0.25, -0.2) is 0 Å². The second-order valence-corrected chi connectivity index (χ2v) is 32.2. The molecule has 0 unspecified atom stereocenters. The normalized spacial score (nSPS) is 11.9. The first-order chi connectivity index (χ1) is 19.5. The Labute approximate surface area is 251 Å². The Morgan fingerprint density at radius 2 is 0.805 bits per heavy atom. The summed E-state index contributed by atoms with van der Waals surface area (Å²) in [5.74, 6) is -5.27. The van der Waals surface area contributed by atoms with Crippen LogP contribution < -0.4 is 0 Å². The van der Waals surface area contributed by atoms with E-state index in [2.05, 4.69) is 0 Å². The molecule has 5 nitrogen and oxygen atoms in total. The van der Waals surface area contributed by atoms with Crippen LogP contribution in [0.3, 0.4) is 0 Å². The third-order valence-electron chi connectivity index (χ3n) is 6.77. The van der Waals surface area contributed by atoms with Gasteiger partial charge in [0.05, 0.1) is 0 Å². The Balaban J connectivity index is 2.60. The molecule has 2 aromatic carbocycles. The van der Waals surface area contributed by atoms with Crippen LogP contribution in [0.25, 0.3) is 0 Å². The maximum absolute atomic E-state index is 14.0. The first kappa shape index (κ1) is 35.9. The molecule has 2 rings (SSSR count). The molecule has 0 fully saturated rings. The van der Waals surface area contributed by atoms with Crippen LogP contribution in [0, 0.1) is 23.3 Å². The predicted molar refractivity (Wildman–Crippen MR) is 155 cm³/mol. The Hall–Kier alpha value is -1.34. The van der Waals surface area contributed by atoms with Crippen LogP contribution in [0.15, 0.2) is 36.4 Å². The van der Waals surface area contributed by atoms with Gasteiger partial charge in [0.15, 0.2) is 0 Å². The van der Waals surface area contributed by atoms with Crippen molar-refractivity contribution in [1.82, 2.24) is 0 Å². The SMILES string of the molecule is CCC[CH2][Sn]([CH2]CCC)([O]C(=O)c1cc(F)cc(F)c1)[O][Sn]([CH2]CCC)([CH2]CCC)[O]C(=O)c1cc(F)cc(F)c1. The monoisotopic (exact) mass is 798 g/mol. The summed E-state index contributed by atoms with van der Waals surface area (Å²) in [4.78, 5) is 26.7. The molecule has 228 valence electrons. The van der Waals surface area contributed by atoms with E-state index in [9.17, 15) is 27.2 Å². The van der Waals surface area contributed by atoms with E-state index in [0.29, 0.717) is 55.6 Å². The van der Waals surface area contributed by atoms with Gasteiger partial charge in [0.1, 0.15) is 0 Å². The Bertz CT molecular complexity index is 1000. The molecule has 0 radical (unpaired) electrons. The van der Waals surface area contributed by atoms with Crippen LogP contribution in [-0.2, 0) is 7.56 Å². The van der Waals surface area contributed by atoms with Crippen molar-refractivity contribution in [3.63, 3.8) is 0 Å². The van der Waals surface area contributed by atoms with Crippen molar-refractivity contribution in [2.75, 3.05) is 0 Å². The Morgan fingerprint density at radius 3 is 1.05 bits per heavy atom. The number of halogens is 4. The van der Waals surface area contributed by atoms with Crippen LogP contribution in [0.2, 0.25) is 17.7 Å². The van der Waals surface area contributed by atoms with Crippen molar-refractivity contribution in [2.24, 2.45) is 0 Å². The fourth-order valence-electron chi connectivity index (χ4n) is 4.62. The molecular formula is C30H42F4O5Sn2. The number of hydrogen-bond donors (Lipinski definition) is 0. The molecule has 11 heteroatoms. The quantitative estimate of drug-likeness (QED) is 0.111. The van der Waals surface area contributed by atoms with Crippen molar-refractivity contribution in [1.29, 1.82) is 0 Å². The molecule has 0 bridgehead atoms. The van der Waals surface area contributed by atoms with E-state index < -0.39 is 73.6 Å². The number of carbonyl (C=O) groups is 2. The van der Waals surface area contributed by atoms with Crippen LogP contribution in [0.4, 0.5) is 17.6 Å². The van der Waals surface area contributed by atoms with Gasteiger partial charge < -0.3 is 0 Å². The van der Waals surface area contributed by atoms with Gasteiger partial charge in [0, 0.05) is 0 Å². The molecule has 0 saturated carbocycles. The van der Waals surface area contributed by atoms with E-state index >= 15 is 0 Å². The van der Waals surface area contributed by atoms with Crippen molar-refractivity contribution in [2.45, 2.75) is 96.8 Å². The second kappa shape index (κ2) is 17.7. The molecule has 0 saturated heterocycles. The average Bonchev–Trinajstić information content (AvgIpc) is 2.91. The van der Waals surface area contributed by atoms with E-state index in [-0.39, 0.29) is 11.1 Å². The summed E-state index contributed by atoms with van der Waals surface area (Å²) in [6.07, 6.45) is 6.02. The fraction of sp³-hybridized carbons (Fsp3) is 0.533. The van der Waals surface area contributed by atoms with E-state index in [1.807, 2.05) is 27.7 Å². The summed E-state index contributed by atoms with van der Waals surface area (Å²) < 4.78 is 77.5. The standard InChI is InChI=1S/2C7H4F2O2.4C4H9.O.2Sn/c2*8-5-1-4(7(10)11)2-6(9)3-5;4*1-3-4-2;;;/h2*1-3H,(H,10,11);4*1,3-4H2,2H3;;;/q;;;;;;;2*+1/p-2. The summed E-state index contributed by atoms with van der Waals surface area (Å²) >= 11 is -8.95. The predicted octanol–water partition coefficient (Wildman–Crippen LogP) is 9.36. The molecule has 0 atom stereocenters. The molecule has 0 spiro atoms. The summed E-state index contributed by atoms with van der Waals surface area (Å²) in [7, 11) is 0. The van der Waals surface area contributed by atoms with Crippen LogP contribution >= 0.6 is 0 Å². The first-order valence-electron chi connectivity index (χ1n) is 14.6. The van der Waals surface area contributed by atoms with Crippen molar-refractivity contribution >= 4 is 50.3 Å². The second-order valence-electron chi connectivity index (χ2n) is 10.4. The van der Waals surface area contributed by atoms with E-state index in [4.69, 9.17) is 7.56 Å². The third-order valence-corrected chi connectivity index (χ3v) is 39.1. The zero-order valence-electron chi connectivity index (χ0n) is 24.5. The summed E-state index contributed by atoms with van der Waals surface area (Å²) in [6, 6.07) is 5.11. The van der Waals surface area contributed by atoms with E-state index in [1.165, 1.54) is 0 Å². The number of rotatable bonds is 18. The summed E-state index contributed by atoms with van der Waals surface area (Å²) in [5.41, 5.74) is -0.481. The third kappa shape index (κ3) is 11.7. The zero-order chi connectivity index (χ0) is 30.5. The molecule has 0 aromatic heterocycles. The maximum atomic E-state index is 14.0. The van der Waals surface area contributed by atoms with E-state index in [1.54, 1.807) is 0 Å². The summed E-state index contributed by atoms with van der Waals surface area (Å²) in [5, 5.41) is 0. The van der Waals surface area contributed by atoms with Crippen molar-refractivity contribution < 1.29 is 34.7 Å². The average molecular weight is 796 g/mol. The molecule has 0 aliphatic rings. The molecule has 0 amide bonds. The van der Waals surface area contributed by atoms with Crippen LogP contribution in [-0.4, -0.2) is 50.3 Å². The van der Waals surface area contributed by atoms with Crippen LogP contribution in [0.1, 0.15) is 99.8 Å². The molecule has 0 N–H and O–H groups in total. The number of benzene rings is 2. The zero-order valence-corrected chi connectivity index (χ0v) is 30.2. The molecule has 41 heavy (non-hydrogen) atoms. The Kier molecular flexibility index (Phi) is 15.5. The van der Waals surface area contributed by atoms with Gasteiger partial charge in [-0.15, -0.1) is 0 Å². The van der Waals surface area contributed by atoms with Gasteiger partial charge in [0.2, 0.25) is 0 Å². The minimum absolute atomic E-state index is 0.240. The van der Waals surface area contributed by atoms with Crippen LogP contribution in [0.5, 0.6) is 0 Å². The summed E-state index contributed by atoms with van der Waals surface area (Å²) in [6.45, 7) is 8.01. The minimum atomic E-state index is -4.48. The van der Waals surface area contributed by atoms with Crippen molar-refractivity contribution in [3.05, 3.63) is 70.8 Å². The van der Waals surface area contributed by atoms with Crippen molar-refractivity contribution in [3.8, 4) is 0 Å². The molecule has 2 aromatic rings. The first-order valence-corrected chi connectivity index (χ1v) is 27.3. The van der Waals surface area contributed by atoms with Gasteiger partial charge in [0.25, 0.3) is 0 Å². The van der Waals surface area contributed by atoms with Gasteiger partial charge in [-0.1, -0.05) is 0 Å². The number of carbonyl (C=O) groups excluding carboxylic acids is 2. The van der Waals surface area contributed by atoms with E-state index in [0.717, 1.165) is 49.9 Å².